The molecule has 0 aromatic heterocycles. The van der Waals surface area contributed by atoms with Crippen molar-refractivity contribution < 1.29 is 17.2 Å². The highest BCUT2D eigenvalue weighted by molar-refractivity contribution is 7.92. The van der Waals surface area contributed by atoms with Crippen molar-refractivity contribution in [2.45, 2.75) is 12.1 Å². The lowest BCUT2D eigenvalue weighted by atomic mass is 10.0. The van der Waals surface area contributed by atoms with Crippen molar-refractivity contribution in [1.29, 1.82) is 0 Å². The summed E-state index contributed by atoms with van der Waals surface area (Å²) in [4.78, 5) is 0. The van der Waals surface area contributed by atoms with Gasteiger partial charge in [-0.3, -0.25) is 0 Å². The molecule has 1 aliphatic heterocycles. The van der Waals surface area contributed by atoms with Crippen LogP contribution in [0.1, 0.15) is 6.42 Å². The molecule has 0 saturated heterocycles. The van der Waals surface area contributed by atoms with E-state index in [1.54, 1.807) is 0 Å². The average Bonchev–Trinajstić information content (AvgIpc) is 2.06. The number of alkyl halides is 1. The zero-order valence-electron chi connectivity index (χ0n) is 7.33. The van der Waals surface area contributed by atoms with Crippen molar-refractivity contribution in [1.82, 2.24) is 5.32 Å². The molecule has 1 aliphatic rings. The van der Waals surface area contributed by atoms with Crippen molar-refractivity contribution in [2.24, 2.45) is 0 Å². The highest BCUT2D eigenvalue weighted by Gasteiger charge is 2.34. The van der Waals surface area contributed by atoms with Crippen LogP contribution >= 0.6 is 0 Å². The summed E-state index contributed by atoms with van der Waals surface area (Å²) in [6.07, 6.45) is 5.41. The quantitative estimate of drug-likeness (QED) is 0.781. The number of halogens is 2. The molecule has 0 amide bonds. The van der Waals surface area contributed by atoms with Crippen LogP contribution < -0.4 is 5.32 Å². The molecule has 0 aromatic carbocycles. The third-order valence-corrected chi connectivity index (χ3v) is 2.65. The van der Waals surface area contributed by atoms with Crippen LogP contribution in [0.5, 0.6) is 0 Å². The molecule has 6 heteroatoms. The number of hydrogen-bond acceptors (Lipinski definition) is 3. The fraction of sp³-hybridized carbons (Fsp3) is 0.375. The van der Waals surface area contributed by atoms with E-state index in [9.17, 15) is 17.2 Å². The second-order valence-corrected chi connectivity index (χ2v) is 4.95. The lowest BCUT2D eigenvalue weighted by Crippen LogP contribution is -2.28. The smallest absolute Gasteiger partial charge is 0.184 e. The van der Waals surface area contributed by atoms with E-state index < -0.39 is 33.5 Å². The molecular formula is C8H10F2NO2S. The van der Waals surface area contributed by atoms with Crippen molar-refractivity contribution in [2.75, 3.05) is 5.75 Å². The van der Waals surface area contributed by atoms with E-state index in [1.165, 1.54) is 6.20 Å². The van der Waals surface area contributed by atoms with Crippen LogP contribution in [-0.2, 0) is 9.84 Å². The predicted molar refractivity (Wildman–Crippen MR) is 49.1 cm³/mol. The Morgan fingerprint density at radius 1 is 1.57 bits per heavy atom. The van der Waals surface area contributed by atoms with Crippen LogP contribution in [0.25, 0.3) is 0 Å². The van der Waals surface area contributed by atoms with Gasteiger partial charge in [0.25, 0.3) is 0 Å². The second-order valence-electron chi connectivity index (χ2n) is 3.05. The van der Waals surface area contributed by atoms with Gasteiger partial charge in [0.1, 0.15) is 0 Å². The Bertz CT molecular complexity index is 375. The maximum Gasteiger partial charge on any atom is 0.184 e. The summed E-state index contributed by atoms with van der Waals surface area (Å²) in [5, 5.41) is 2.36. The molecule has 1 N–H and O–H groups in total. The van der Waals surface area contributed by atoms with E-state index in [2.05, 4.69) is 11.6 Å². The van der Waals surface area contributed by atoms with Gasteiger partial charge < -0.3 is 5.32 Å². The van der Waals surface area contributed by atoms with Crippen LogP contribution in [0.4, 0.5) is 8.78 Å². The molecule has 3 nitrogen and oxygen atoms in total. The minimum absolute atomic E-state index is 0.459. The molecule has 0 saturated carbocycles. The number of sulfone groups is 1. The van der Waals surface area contributed by atoms with Gasteiger partial charge in [0, 0.05) is 18.8 Å². The fourth-order valence-electron chi connectivity index (χ4n) is 1.01. The van der Waals surface area contributed by atoms with Gasteiger partial charge in [0.15, 0.2) is 21.3 Å². The first-order chi connectivity index (χ1) is 6.33. The van der Waals surface area contributed by atoms with Gasteiger partial charge in [-0.1, -0.05) is 0 Å². The Morgan fingerprint density at radius 2 is 2.21 bits per heavy atom. The lowest BCUT2D eigenvalue weighted by molar-refractivity contribution is 0.223. The first kappa shape index (κ1) is 11.2. The van der Waals surface area contributed by atoms with Crippen LogP contribution in [-0.4, -0.2) is 19.8 Å². The van der Waals surface area contributed by atoms with Gasteiger partial charge in [0.2, 0.25) is 0 Å². The Morgan fingerprint density at radius 3 is 2.71 bits per heavy atom. The molecule has 0 spiro atoms. The van der Waals surface area contributed by atoms with Crippen LogP contribution in [0, 0.1) is 6.26 Å². The van der Waals surface area contributed by atoms with Crippen molar-refractivity contribution in [3.8, 4) is 0 Å². The molecule has 1 heterocycles. The number of rotatable bonds is 3. The Hall–Kier alpha value is -0.910. The SMILES string of the molecule is [CH2]S(=O)(=O)CCC1(F)C=CNC=C1F. The molecular weight excluding hydrogens is 212 g/mol. The predicted octanol–water partition coefficient (Wildman–Crippen LogP) is 1.22. The molecule has 1 rings (SSSR count). The summed E-state index contributed by atoms with van der Waals surface area (Å²) in [5.41, 5.74) is -2.32. The summed E-state index contributed by atoms with van der Waals surface area (Å²) in [6.45, 7) is 0. The molecule has 0 fully saturated rings. The van der Waals surface area contributed by atoms with Gasteiger partial charge >= 0.3 is 0 Å². The molecule has 0 aliphatic carbocycles. The maximum absolute atomic E-state index is 13.6. The number of dihydropyridines is 1. The molecule has 79 valence electrons. The van der Waals surface area contributed by atoms with Gasteiger partial charge in [-0.25, -0.2) is 17.2 Å². The van der Waals surface area contributed by atoms with Crippen molar-refractivity contribution in [3.05, 3.63) is 30.6 Å². The minimum atomic E-state index is -3.52. The average molecular weight is 222 g/mol. The number of allylic oxidation sites excluding steroid dienone is 2. The van der Waals surface area contributed by atoms with Crippen molar-refractivity contribution in [3.63, 3.8) is 0 Å². The normalized spacial score (nSPS) is 26.9. The third-order valence-electron chi connectivity index (χ3n) is 1.83. The second kappa shape index (κ2) is 3.68. The standard InChI is InChI=1S/C8H10F2NO2S/c1-14(12,13)5-3-8(10)2-4-11-6-7(8)9/h2,4,6,11H,1,3,5H2. The molecule has 1 radical (unpaired) electrons. The number of nitrogens with one attached hydrogen (secondary N) is 1. The summed E-state index contributed by atoms with van der Waals surface area (Å²) in [6, 6.07) is 0. The molecule has 1 atom stereocenters. The van der Waals surface area contributed by atoms with E-state index in [-0.39, 0.29) is 0 Å². The maximum atomic E-state index is 13.6. The van der Waals surface area contributed by atoms with E-state index in [0.29, 0.717) is 0 Å². The highest BCUT2D eigenvalue weighted by atomic mass is 32.2. The van der Waals surface area contributed by atoms with E-state index >= 15 is 0 Å². The van der Waals surface area contributed by atoms with E-state index in [1.807, 2.05) is 0 Å². The minimum Gasteiger partial charge on any atom is -0.366 e. The van der Waals surface area contributed by atoms with Crippen LogP contribution in [0.15, 0.2) is 24.3 Å². The Balaban J connectivity index is 2.71. The fourth-order valence-corrected chi connectivity index (χ4v) is 1.62. The van der Waals surface area contributed by atoms with Crippen LogP contribution in [0.2, 0.25) is 0 Å². The largest absolute Gasteiger partial charge is 0.366 e. The first-order valence-corrected chi connectivity index (χ1v) is 5.70. The van der Waals surface area contributed by atoms with Gasteiger partial charge in [-0.15, -0.1) is 0 Å². The summed E-state index contributed by atoms with van der Waals surface area (Å²) in [7, 11) is -3.52. The van der Waals surface area contributed by atoms with Gasteiger partial charge in [-0.05, 0) is 6.08 Å². The van der Waals surface area contributed by atoms with E-state index in [0.717, 1.165) is 12.3 Å². The summed E-state index contributed by atoms with van der Waals surface area (Å²) < 4.78 is 47.9. The lowest BCUT2D eigenvalue weighted by Gasteiger charge is -2.21. The Kier molecular flexibility index (Phi) is 2.94. The summed E-state index contributed by atoms with van der Waals surface area (Å²) >= 11 is 0. The summed E-state index contributed by atoms with van der Waals surface area (Å²) in [5.74, 6) is -1.52. The third kappa shape index (κ3) is 2.80. The zero-order valence-corrected chi connectivity index (χ0v) is 8.15. The zero-order chi connectivity index (χ0) is 10.8. The molecule has 0 bridgehead atoms. The first-order valence-electron chi connectivity index (χ1n) is 3.88. The van der Waals surface area contributed by atoms with Gasteiger partial charge in [0.05, 0.1) is 12.0 Å². The van der Waals surface area contributed by atoms with Gasteiger partial charge in [-0.2, -0.15) is 0 Å². The number of hydrogen-bond donors (Lipinski definition) is 1. The van der Waals surface area contributed by atoms with E-state index in [4.69, 9.17) is 0 Å². The van der Waals surface area contributed by atoms with Crippen molar-refractivity contribution >= 4 is 9.84 Å². The monoisotopic (exact) mass is 222 g/mol. The Labute approximate surface area is 81.4 Å². The topological polar surface area (TPSA) is 46.2 Å². The molecule has 14 heavy (non-hydrogen) atoms. The molecule has 1 unspecified atom stereocenters. The molecule has 0 aromatic rings. The van der Waals surface area contributed by atoms with Crippen LogP contribution in [0.3, 0.4) is 0 Å². The highest BCUT2D eigenvalue weighted by Crippen LogP contribution is 2.30.